The van der Waals surface area contributed by atoms with Gasteiger partial charge in [0.05, 0.1) is 6.54 Å². The Morgan fingerprint density at radius 2 is 2.14 bits per heavy atom. The van der Waals surface area contributed by atoms with Crippen LogP contribution in [0.3, 0.4) is 0 Å². The maximum absolute atomic E-state index is 11.9. The molecule has 0 atom stereocenters. The molecule has 1 aromatic carbocycles. The third kappa shape index (κ3) is 2.76. The molecule has 2 heterocycles. The molecule has 1 aromatic heterocycles. The highest BCUT2D eigenvalue weighted by Crippen LogP contribution is 2.31. The smallest absolute Gasteiger partial charge is 0.269 e. The Kier molecular flexibility index (Phi) is 3.64. The van der Waals surface area contributed by atoms with E-state index in [1.807, 2.05) is 24.3 Å². The number of halogens is 1. The van der Waals surface area contributed by atoms with Crippen LogP contribution in [0, 0.1) is 0 Å². The van der Waals surface area contributed by atoms with Crippen LogP contribution >= 0.6 is 11.6 Å². The topological polar surface area (TPSA) is 39.3 Å². The van der Waals surface area contributed by atoms with Crippen molar-refractivity contribution in [1.82, 2.24) is 9.88 Å². The Bertz CT molecular complexity index is 678. The molecular formula is C16H18ClN3O. The monoisotopic (exact) mass is 303 g/mol. The average molecular weight is 304 g/mol. The van der Waals surface area contributed by atoms with E-state index in [2.05, 4.69) is 16.0 Å². The van der Waals surface area contributed by atoms with Crippen LogP contribution < -0.4 is 4.90 Å². The lowest BCUT2D eigenvalue weighted by atomic mass is 10.2. The van der Waals surface area contributed by atoms with E-state index < -0.39 is 0 Å². The minimum atomic E-state index is -0.00823. The third-order valence-electron chi connectivity index (χ3n) is 3.78. The van der Waals surface area contributed by atoms with Gasteiger partial charge in [-0.15, -0.1) is 0 Å². The number of benzene rings is 1. The maximum Gasteiger partial charge on any atom is 0.269 e. The van der Waals surface area contributed by atoms with Gasteiger partial charge in [-0.05, 0) is 36.2 Å². The standard InChI is InChI=1S/C16H18ClN3O/c1-19(2)16(21)14-6-5-13(18-14)10-20-8-7-11-3-4-12(17)9-15(11)20/h3-6,9,18H,7-8,10H2,1-2H3. The molecule has 0 aliphatic carbocycles. The molecular weight excluding hydrogens is 286 g/mol. The van der Waals surface area contributed by atoms with Gasteiger partial charge in [0.2, 0.25) is 0 Å². The van der Waals surface area contributed by atoms with Crippen LogP contribution in [-0.4, -0.2) is 36.4 Å². The number of aromatic nitrogens is 1. The summed E-state index contributed by atoms with van der Waals surface area (Å²) in [4.78, 5) is 19.0. The number of anilines is 1. The number of H-pyrrole nitrogens is 1. The number of nitrogens with zero attached hydrogens (tertiary/aromatic N) is 2. The van der Waals surface area contributed by atoms with Crippen molar-refractivity contribution in [3.05, 3.63) is 52.3 Å². The molecule has 0 radical (unpaired) electrons. The van der Waals surface area contributed by atoms with E-state index >= 15 is 0 Å². The maximum atomic E-state index is 11.9. The number of carbonyl (C=O) groups is 1. The van der Waals surface area contributed by atoms with E-state index in [1.54, 1.807) is 19.0 Å². The lowest BCUT2D eigenvalue weighted by Gasteiger charge is -2.18. The fourth-order valence-corrected chi connectivity index (χ4v) is 2.85. The largest absolute Gasteiger partial charge is 0.365 e. The SMILES string of the molecule is CN(C)C(=O)c1ccc(CN2CCc3ccc(Cl)cc32)[nH]1. The molecule has 0 saturated carbocycles. The van der Waals surface area contributed by atoms with Crippen molar-refractivity contribution >= 4 is 23.2 Å². The van der Waals surface area contributed by atoms with Gasteiger partial charge in [-0.25, -0.2) is 0 Å². The predicted molar refractivity (Wildman–Crippen MR) is 85.0 cm³/mol. The summed E-state index contributed by atoms with van der Waals surface area (Å²) in [6.45, 7) is 1.74. The van der Waals surface area contributed by atoms with Gasteiger partial charge in [-0.2, -0.15) is 0 Å². The number of carbonyl (C=O) groups excluding carboxylic acids is 1. The molecule has 0 fully saturated rings. The highest BCUT2D eigenvalue weighted by Gasteiger charge is 2.20. The Labute approximate surface area is 129 Å². The first-order chi connectivity index (χ1) is 10.0. The van der Waals surface area contributed by atoms with Crippen LogP contribution in [0.5, 0.6) is 0 Å². The summed E-state index contributed by atoms with van der Waals surface area (Å²) in [5.41, 5.74) is 4.18. The van der Waals surface area contributed by atoms with Gasteiger partial charge in [0.15, 0.2) is 0 Å². The van der Waals surface area contributed by atoms with Gasteiger partial charge in [0.25, 0.3) is 5.91 Å². The molecule has 110 valence electrons. The van der Waals surface area contributed by atoms with E-state index in [4.69, 9.17) is 11.6 Å². The lowest BCUT2D eigenvalue weighted by molar-refractivity contribution is 0.0822. The molecule has 2 aromatic rings. The minimum Gasteiger partial charge on any atom is -0.365 e. The average Bonchev–Trinajstić information content (AvgIpc) is 3.06. The molecule has 0 bridgehead atoms. The normalized spacial score (nSPS) is 13.4. The first-order valence-corrected chi connectivity index (χ1v) is 7.35. The van der Waals surface area contributed by atoms with Gasteiger partial charge >= 0.3 is 0 Å². The van der Waals surface area contributed by atoms with E-state index in [-0.39, 0.29) is 5.91 Å². The molecule has 5 heteroatoms. The number of fused-ring (bicyclic) bond motifs is 1. The summed E-state index contributed by atoms with van der Waals surface area (Å²) >= 11 is 6.09. The summed E-state index contributed by atoms with van der Waals surface area (Å²) in [7, 11) is 3.50. The first kappa shape index (κ1) is 14.0. The van der Waals surface area contributed by atoms with Crippen LogP contribution in [0.15, 0.2) is 30.3 Å². The minimum absolute atomic E-state index is 0.00823. The number of aromatic amines is 1. The number of rotatable bonds is 3. The van der Waals surface area contributed by atoms with E-state index in [0.29, 0.717) is 5.69 Å². The zero-order valence-corrected chi connectivity index (χ0v) is 12.9. The second kappa shape index (κ2) is 5.45. The van der Waals surface area contributed by atoms with Gasteiger partial charge in [0, 0.05) is 37.0 Å². The van der Waals surface area contributed by atoms with Crippen LogP contribution in [0.4, 0.5) is 5.69 Å². The van der Waals surface area contributed by atoms with Crippen molar-refractivity contribution in [3.8, 4) is 0 Å². The van der Waals surface area contributed by atoms with Crippen molar-refractivity contribution in [2.24, 2.45) is 0 Å². The second-order valence-electron chi connectivity index (χ2n) is 5.54. The lowest BCUT2D eigenvalue weighted by Crippen LogP contribution is -2.23. The summed E-state index contributed by atoms with van der Waals surface area (Å²) in [5.74, 6) is -0.00823. The van der Waals surface area contributed by atoms with Crippen molar-refractivity contribution in [3.63, 3.8) is 0 Å². The van der Waals surface area contributed by atoms with Crippen molar-refractivity contribution in [1.29, 1.82) is 0 Å². The molecule has 1 N–H and O–H groups in total. The molecule has 1 aliphatic heterocycles. The quantitative estimate of drug-likeness (QED) is 0.947. The van der Waals surface area contributed by atoms with Crippen molar-refractivity contribution in [2.75, 3.05) is 25.5 Å². The summed E-state index contributed by atoms with van der Waals surface area (Å²) < 4.78 is 0. The fourth-order valence-electron chi connectivity index (χ4n) is 2.69. The number of hydrogen-bond acceptors (Lipinski definition) is 2. The highest BCUT2D eigenvalue weighted by atomic mass is 35.5. The predicted octanol–water partition coefficient (Wildman–Crippen LogP) is 2.93. The molecule has 21 heavy (non-hydrogen) atoms. The van der Waals surface area contributed by atoms with Gasteiger partial charge in [0.1, 0.15) is 5.69 Å². The summed E-state index contributed by atoms with van der Waals surface area (Å²) in [6.07, 6.45) is 1.04. The van der Waals surface area contributed by atoms with E-state index in [0.717, 1.165) is 30.2 Å². The van der Waals surface area contributed by atoms with Crippen molar-refractivity contribution in [2.45, 2.75) is 13.0 Å². The first-order valence-electron chi connectivity index (χ1n) is 6.97. The van der Waals surface area contributed by atoms with Crippen LogP contribution in [0.1, 0.15) is 21.7 Å². The number of hydrogen-bond donors (Lipinski definition) is 1. The number of nitrogens with one attached hydrogen (secondary N) is 1. The summed E-state index contributed by atoms with van der Waals surface area (Å²) in [6, 6.07) is 9.85. The Morgan fingerprint density at radius 1 is 1.33 bits per heavy atom. The summed E-state index contributed by atoms with van der Waals surface area (Å²) in [5, 5.41) is 0.760. The molecule has 0 saturated heterocycles. The molecule has 0 spiro atoms. The van der Waals surface area contributed by atoms with Gasteiger partial charge < -0.3 is 14.8 Å². The van der Waals surface area contributed by atoms with Crippen LogP contribution in [0.25, 0.3) is 0 Å². The third-order valence-corrected chi connectivity index (χ3v) is 4.02. The van der Waals surface area contributed by atoms with E-state index in [1.165, 1.54) is 11.3 Å². The van der Waals surface area contributed by atoms with E-state index in [9.17, 15) is 4.79 Å². The van der Waals surface area contributed by atoms with Gasteiger partial charge in [-0.1, -0.05) is 17.7 Å². The fraction of sp³-hybridized carbons (Fsp3) is 0.312. The Balaban J connectivity index is 1.77. The zero-order valence-electron chi connectivity index (χ0n) is 12.2. The highest BCUT2D eigenvalue weighted by molar-refractivity contribution is 6.30. The zero-order chi connectivity index (χ0) is 15.0. The Morgan fingerprint density at radius 3 is 2.90 bits per heavy atom. The number of amides is 1. The van der Waals surface area contributed by atoms with Crippen LogP contribution in [-0.2, 0) is 13.0 Å². The molecule has 3 rings (SSSR count). The molecule has 0 unspecified atom stereocenters. The van der Waals surface area contributed by atoms with Gasteiger partial charge in [-0.3, -0.25) is 4.79 Å². The molecule has 4 nitrogen and oxygen atoms in total. The Hall–Kier alpha value is -1.94. The van der Waals surface area contributed by atoms with Crippen LogP contribution in [0.2, 0.25) is 5.02 Å². The van der Waals surface area contributed by atoms with Crippen molar-refractivity contribution < 1.29 is 4.79 Å². The molecule has 1 aliphatic rings. The molecule has 1 amide bonds. The second-order valence-corrected chi connectivity index (χ2v) is 5.98.